The summed E-state index contributed by atoms with van der Waals surface area (Å²) in [5, 5.41) is 3.07. The summed E-state index contributed by atoms with van der Waals surface area (Å²) >= 11 is 0. The number of amides is 3. The second-order valence-electron chi connectivity index (χ2n) is 8.06. The van der Waals surface area contributed by atoms with E-state index in [1.54, 1.807) is 0 Å². The monoisotopic (exact) mass is 375 g/mol. The summed E-state index contributed by atoms with van der Waals surface area (Å²) in [7, 11) is 0. The standard InChI is InChI=1S/C21H33N3O3/c25-19-8-4-13-23(19)14-5-15-24-16-18(9-10-20(24)26)21(27)22-12-11-17-6-2-1-3-7-17/h6,18H,1-5,7-16H2,(H,22,27)/t18-/m0/s1. The van der Waals surface area contributed by atoms with E-state index in [9.17, 15) is 14.4 Å². The smallest absolute Gasteiger partial charge is 0.224 e. The molecule has 1 atom stereocenters. The van der Waals surface area contributed by atoms with Crippen LogP contribution in [-0.4, -0.2) is 60.2 Å². The topological polar surface area (TPSA) is 69.7 Å². The molecule has 0 bridgehead atoms. The molecule has 2 aliphatic heterocycles. The van der Waals surface area contributed by atoms with E-state index in [4.69, 9.17) is 0 Å². The molecule has 0 saturated carbocycles. The zero-order valence-electron chi connectivity index (χ0n) is 16.4. The molecule has 0 aromatic carbocycles. The number of carbonyl (C=O) groups is 3. The molecule has 150 valence electrons. The molecule has 3 aliphatic rings. The van der Waals surface area contributed by atoms with Gasteiger partial charge in [0.25, 0.3) is 0 Å². The molecule has 3 rings (SSSR count). The van der Waals surface area contributed by atoms with E-state index in [1.165, 1.54) is 31.3 Å². The van der Waals surface area contributed by atoms with Gasteiger partial charge in [0.05, 0.1) is 5.92 Å². The Balaban J connectivity index is 1.37. The number of allylic oxidation sites excluding steroid dienone is 1. The van der Waals surface area contributed by atoms with E-state index in [0.29, 0.717) is 45.4 Å². The fourth-order valence-electron chi connectivity index (χ4n) is 4.36. The van der Waals surface area contributed by atoms with Crippen molar-refractivity contribution in [2.75, 3.05) is 32.7 Å². The van der Waals surface area contributed by atoms with Gasteiger partial charge in [0.15, 0.2) is 0 Å². The largest absolute Gasteiger partial charge is 0.355 e. The fraction of sp³-hybridized carbons (Fsp3) is 0.762. The van der Waals surface area contributed by atoms with Gasteiger partial charge < -0.3 is 15.1 Å². The Labute approximate surface area is 162 Å². The van der Waals surface area contributed by atoms with Gasteiger partial charge in [-0.1, -0.05) is 11.6 Å². The Bertz CT molecular complexity index is 587. The number of hydrogen-bond donors (Lipinski definition) is 1. The van der Waals surface area contributed by atoms with Crippen LogP contribution >= 0.6 is 0 Å². The first-order chi connectivity index (χ1) is 13.1. The maximum atomic E-state index is 12.5. The SMILES string of the molecule is O=C(NCCC1=CCCCC1)[C@H]1CCC(=O)N(CCCN2CCCC2=O)C1. The Hall–Kier alpha value is -1.85. The van der Waals surface area contributed by atoms with Crippen LogP contribution in [0.3, 0.4) is 0 Å². The van der Waals surface area contributed by atoms with E-state index >= 15 is 0 Å². The van der Waals surface area contributed by atoms with Crippen molar-refractivity contribution in [3.05, 3.63) is 11.6 Å². The van der Waals surface area contributed by atoms with Crippen LogP contribution in [0, 0.1) is 5.92 Å². The molecule has 3 amide bonds. The van der Waals surface area contributed by atoms with Gasteiger partial charge in [0, 0.05) is 45.6 Å². The molecule has 0 radical (unpaired) electrons. The molecule has 2 saturated heterocycles. The summed E-state index contributed by atoms with van der Waals surface area (Å²) in [4.78, 5) is 40.0. The van der Waals surface area contributed by atoms with E-state index < -0.39 is 0 Å². The van der Waals surface area contributed by atoms with Gasteiger partial charge in [-0.3, -0.25) is 14.4 Å². The second kappa shape index (κ2) is 9.90. The Morgan fingerprint density at radius 1 is 1.04 bits per heavy atom. The van der Waals surface area contributed by atoms with Gasteiger partial charge in [0.2, 0.25) is 17.7 Å². The maximum absolute atomic E-state index is 12.5. The maximum Gasteiger partial charge on any atom is 0.224 e. The number of nitrogens with zero attached hydrogens (tertiary/aromatic N) is 2. The highest BCUT2D eigenvalue weighted by atomic mass is 16.2. The molecule has 2 heterocycles. The molecule has 6 nitrogen and oxygen atoms in total. The average molecular weight is 376 g/mol. The predicted octanol–water partition coefficient (Wildman–Crippen LogP) is 2.24. The van der Waals surface area contributed by atoms with E-state index in [-0.39, 0.29) is 23.6 Å². The summed E-state index contributed by atoms with van der Waals surface area (Å²) in [5.74, 6) is 0.347. The van der Waals surface area contributed by atoms with E-state index in [0.717, 1.165) is 25.8 Å². The van der Waals surface area contributed by atoms with Gasteiger partial charge in [0.1, 0.15) is 0 Å². The molecule has 1 N–H and O–H groups in total. The predicted molar refractivity (Wildman–Crippen MR) is 104 cm³/mol. The van der Waals surface area contributed by atoms with Crippen molar-refractivity contribution < 1.29 is 14.4 Å². The molecular weight excluding hydrogens is 342 g/mol. The summed E-state index contributed by atoms with van der Waals surface area (Å²) in [6, 6.07) is 0. The Morgan fingerprint density at radius 2 is 1.85 bits per heavy atom. The highest BCUT2D eigenvalue weighted by molar-refractivity contribution is 5.83. The van der Waals surface area contributed by atoms with Crippen molar-refractivity contribution in [3.63, 3.8) is 0 Å². The van der Waals surface area contributed by atoms with Crippen LogP contribution in [0.1, 0.15) is 64.2 Å². The van der Waals surface area contributed by atoms with Crippen LogP contribution in [0.4, 0.5) is 0 Å². The van der Waals surface area contributed by atoms with Gasteiger partial charge in [-0.05, 0) is 51.4 Å². The number of carbonyl (C=O) groups excluding carboxylic acids is 3. The molecule has 2 fully saturated rings. The van der Waals surface area contributed by atoms with Gasteiger partial charge in [-0.15, -0.1) is 0 Å². The van der Waals surface area contributed by atoms with Gasteiger partial charge in [-0.2, -0.15) is 0 Å². The van der Waals surface area contributed by atoms with Crippen molar-refractivity contribution in [3.8, 4) is 0 Å². The third-order valence-corrected chi connectivity index (χ3v) is 6.03. The minimum Gasteiger partial charge on any atom is -0.355 e. The minimum atomic E-state index is -0.101. The second-order valence-corrected chi connectivity index (χ2v) is 8.06. The van der Waals surface area contributed by atoms with Crippen LogP contribution in [0.15, 0.2) is 11.6 Å². The molecule has 0 aromatic heterocycles. The lowest BCUT2D eigenvalue weighted by Gasteiger charge is -2.32. The van der Waals surface area contributed by atoms with Crippen molar-refractivity contribution in [2.45, 2.75) is 64.2 Å². The zero-order chi connectivity index (χ0) is 19.1. The number of piperidine rings is 1. The van der Waals surface area contributed by atoms with Gasteiger partial charge in [-0.25, -0.2) is 0 Å². The first-order valence-corrected chi connectivity index (χ1v) is 10.6. The van der Waals surface area contributed by atoms with Crippen LogP contribution in [0.2, 0.25) is 0 Å². The van der Waals surface area contributed by atoms with Crippen LogP contribution in [0.25, 0.3) is 0 Å². The highest BCUT2D eigenvalue weighted by Crippen LogP contribution is 2.21. The van der Waals surface area contributed by atoms with Gasteiger partial charge >= 0.3 is 0 Å². The Morgan fingerprint density at radius 3 is 2.59 bits per heavy atom. The molecule has 0 spiro atoms. The van der Waals surface area contributed by atoms with Crippen LogP contribution < -0.4 is 5.32 Å². The summed E-state index contributed by atoms with van der Waals surface area (Å²) in [6.07, 6.45) is 11.7. The summed E-state index contributed by atoms with van der Waals surface area (Å²) in [5.41, 5.74) is 1.47. The first kappa shape index (κ1) is 19.9. The van der Waals surface area contributed by atoms with Crippen molar-refractivity contribution in [2.24, 2.45) is 5.92 Å². The fourth-order valence-corrected chi connectivity index (χ4v) is 4.36. The summed E-state index contributed by atoms with van der Waals surface area (Å²) in [6.45, 7) is 3.41. The van der Waals surface area contributed by atoms with E-state index in [2.05, 4.69) is 11.4 Å². The average Bonchev–Trinajstić information content (AvgIpc) is 3.09. The molecular formula is C21H33N3O3. The molecule has 6 heteroatoms. The zero-order valence-corrected chi connectivity index (χ0v) is 16.4. The minimum absolute atomic E-state index is 0.0821. The van der Waals surface area contributed by atoms with Crippen LogP contribution in [-0.2, 0) is 14.4 Å². The van der Waals surface area contributed by atoms with E-state index in [1.807, 2.05) is 9.80 Å². The molecule has 0 unspecified atom stereocenters. The lowest BCUT2D eigenvalue weighted by atomic mass is 9.95. The quantitative estimate of drug-likeness (QED) is 0.662. The molecule has 1 aliphatic carbocycles. The Kier molecular flexibility index (Phi) is 7.30. The third-order valence-electron chi connectivity index (χ3n) is 6.03. The number of rotatable bonds is 8. The van der Waals surface area contributed by atoms with Crippen molar-refractivity contribution in [1.82, 2.24) is 15.1 Å². The lowest BCUT2D eigenvalue weighted by Crippen LogP contribution is -2.46. The van der Waals surface area contributed by atoms with Crippen molar-refractivity contribution in [1.29, 1.82) is 0 Å². The number of nitrogens with one attached hydrogen (secondary N) is 1. The normalized spacial score (nSPS) is 23.6. The summed E-state index contributed by atoms with van der Waals surface area (Å²) < 4.78 is 0. The highest BCUT2D eigenvalue weighted by Gasteiger charge is 2.30. The number of hydrogen-bond acceptors (Lipinski definition) is 3. The first-order valence-electron chi connectivity index (χ1n) is 10.6. The lowest BCUT2D eigenvalue weighted by molar-refractivity contribution is -0.138. The number of likely N-dealkylation sites (tertiary alicyclic amines) is 2. The third kappa shape index (κ3) is 5.81. The molecule has 0 aromatic rings. The molecule has 27 heavy (non-hydrogen) atoms. The van der Waals surface area contributed by atoms with Crippen molar-refractivity contribution >= 4 is 17.7 Å². The van der Waals surface area contributed by atoms with Crippen LogP contribution in [0.5, 0.6) is 0 Å².